The van der Waals surface area contributed by atoms with Crippen molar-refractivity contribution in [1.82, 2.24) is 14.1 Å². The van der Waals surface area contributed by atoms with E-state index in [1.165, 1.54) is 0 Å². The molecule has 10 rings (SSSR count). The number of aromatic nitrogens is 3. The van der Waals surface area contributed by atoms with Crippen molar-refractivity contribution < 1.29 is 9.21 Å². The van der Waals surface area contributed by atoms with Gasteiger partial charge in [0.2, 0.25) is 0 Å². The molecule has 1 aliphatic rings. The maximum absolute atomic E-state index is 14.7. The summed E-state index contributed by atoms with van der Waals surface area (Å²) in [5.41, 5.74) is 9.78. The Morgan fingerprint density at radius 1 is 0.630 bits per heavy atom. The highest BCUT2D eigenvalue weighted by molar-refractivity contribution is 6.19. The summed E-state index contributed by atoms with van der Waals surface area (Å²) in [6.45, 7) is 4.34. The number of carbonyl (C=O) groups is 1. The highest BCUT2D eigenvalue weighted by Crippen LogP contribution is 2.45. The minimum absolute atomic E-state index is 0.0409. The van der Waals surface area contributed by atoms with Gasteiger partial charge in [0.05, 0.1) is 27.6 Å². The lowest BCUT2D eigenvalue weighted by Gasteiger charge is -2.32. The van der Waals surface area contributed by atoms with Crippen LogP contribution in [0.15, 0.2) is 132 Å². The highest BCUT2D eigenvalue weighted by Gasteiger charge is 2.41. The summed E-state index contributed by atoms with van der Waals surface area (Å²) in [7, 11) is 0. The second kappa shape index (κ2) is 8.83. The smallest absolute Gasteiger partial charge is 0.266 e. The summed E-state index contributed by atoms with van der Waals surface area (Å²) < 4.78 is 10.4. The minimum atomic E-state index is -0.479. The zero-order valence-corrected chi connectivity index (χ0v) is 25.3. The van der Waals surface area contributed by atoms with Crippen LogP contribution in [-0.2, 0) is 5.41 Å². The van der Waals surface area contributed by atoms with Crippen molar-refractivity contribution >= 4 is 60.7 Å². The van der Waals surface area contributed by atoms with Gasteiger partial charge in [-0.25, -0.2) is 4.98 Å². The molecule has 218 valence electrons. The monoisotopic (exact) mass is 593 g/mol. The Morgan fingerprint density at radius 3 is 2.20 bits per heavy atom. The molecule has 0 atom stereocenters. The molecule has 0 bridgehead atoms. The van der Waals surface area contributed by atoms with Gasteiger partial charge in [-0.15, -0.1) is 0 Å². The molecule has 5 nitrogen and oxygen atoms in total. The lowest BCUT2D eigenvalue weighted by Crippen LogP contribution is -2.35. The maximum atomic E-state index is 14.7. The first kappa shape index (κ1) is 25.4. The molecule has 0 spiro atoms. The van der Waals surface area contributed by atoms with Gasteiger partial charge in [0.1, 0.15) is 17.0 Å². The van der Waals surface area contributed by atoms with E-state index in [0.717, 1.165) is 88.5 Å². The molecule has 46 heavy (non-hydrogen) atoms. The minimum Gasteiger partial charge on any atom is -0.455 e. The van der Waals surface area contributed by atoms with E-state index in [0.29, 0.717) is 0 Å². The number of benzene rings is 6. The molecule has 0 fully saturated rings. The number of hydrogen-bond donors (Lipinski definition) is 0. The van der Waals surface area contributed by atoms with Crippen LogP contribution in [0.1, 0.15) is 35.6 Å². The lowest BCUT2D eigenvalue weighted by molar-refractivity contribution is 0.0949. The molecule has 3 aromatic heterocycles. The third-order valence-electron chi connectivity index (χ3n) is 9.89. The largest absolute Gasteiger partial charge is 0.455 e. The van der Waals surface area contributed by atoms with Crippen LogP contribution in [0, 0.1) is 0 Å². The normalized spacial score (nSPS) is 14.1. The molecule has 5 heteroatoms. The van der Waals surface area contributed by atoms with Crippen molar-refractivity contribution in [2.24, 2.45) is 0 Å². The fourth-order valence-corrected chi connectivity index (χ4v) is 7.71. The van der Waals surface area contributed by atoms with Gasteiger partial charge in [-0.3, -0.25) is 9.36 Å². The van der Waals surface area contributed by atoms with E-state index >= 15 is 0 Å². The van der Waals surface area contributed by atoms with Crippen LogP contribution in [0.25, 0.3) is 71.6 Å². The van der Waals surface area contributed by atoms with Gasteiger partial charge < -0.3 is 8.98 Å². The van der Waals surface area contributed by atoms with E-state index in [9.17, 15) is 4.79 Å². The Balaban J connectivity index is 1.22. The lowest BCUT2D eigenvalue weighted by atomic mass is 9.77. The fourth-order valence-electron chi connectivity index (χ4n) is 7.71. The standard InChI is InChI=1S/C41H27N3O2/c1-41(2)31-23-22-29-27-10-3-6-15-33(27)43(37(29)36(31)39(45)44-34-16-7-5-14-32(34)42-40(41)44)25-20-18-24(19-21-25)26-12-9-13-30-28-11-4-8-17-35(28)46-38(26)30/h3-23H,1-2H3. The number of fused-ring (bicyclic) bond motifs is 11. The number of furan rings is 1. The van der Waals surface area contributed by atoms with Crippen molar-refractivity contribution in [2.75, 3.05) is 0 Å². The zero-order valence-electron chi connectivity index (χ0n) is 25.3. The molecule has 1 aliphatic heterocycles. The number of para-hydroxylation sites is 5. The predicted molar refractivity (Wildman–Crippen MR) is 185 cm³/mol. The molecular formula is C41H27N3O2. The predicted octanol–water partition coefficient (Wildman–Crippen LogP) is 10.0. The van der Waals surface area contributed by atoms with E-state index in [1.807, 2.05) is 47.0 Å². The second-order valence-electron chi connectivity index (χ2n) is 12.8. The van der Waals surface area contributed by atoms with Crippen molar-refractivity contribution in [3.8, 4) is 16.8 Å². The van der Waals surface area contributed by atoms with Gasteiger partial charge in [0, 0.05) is 38.2 Å². The first-order valence-electron chi connectivity index (χ1n) is 15.6. The average molecular weight is 594 g/mol. The Hall–Kier alpha value is -5.94. The average Bonchev–Trinajstić information content (AvgIpc) is 3.78. The van der Waals surface area contributed by atoms with Gasteiger partial charge in [0.25, 0.3) is 5.91 Å². The zero-order chi connectivity index (χ0) is 30.7. The van der Waals surface area contributed by atoms with Crippen LogP contribution in [0.5, 0.6) is 0 Å². The summed E-state index contributed by atoms with van der Waals surface area (Å²) in [6.07, 6.45) is 0. The number of hydrogen-bond acceptors (Lipinski definition) is 3. The molecule has 9 aromatic rings. The van der Waals surface area contributed by atoms with Crippen molar-refractivity contribution in [3.05, 3.63) is 144 Å². The molecule has 0 aliphatic carbocycles. The Morgan fingerprint density at radius 2 is 1.35 bits per heavy atom. The SMILES string of the molecule is CC1(C)c2ccc3c4ccccc4n(-c4ccc(-c5cccc6c5oc5ccccc56)cc4)c3c2C(=O)n2c1nc1ccccc12. The van der Waals surface area contributed by atoms with Crippen molar-refractivity contribution in [2.45, 2.75) is 19.3 Å². The Labute approximate surface area is 263 Å². The summed E-state index contributed by atoms with van der Waals surface area (Å²) in [5, 5.41) is 4.40. The molecule has 0 radical (unpaired) electrons. The van der Waals surface area contributed by atoms with E-state index < -0.39 is 5.41 Å². The third kappa shape index (κ3) is 3.19. The third-order valence-corrected chi connectivity index (χ3v) is 9.89. The van der Waals surface area contributed by atoms with Gasteiger partial charge in [-0.1, -0.05) is 91.0 Å². The van der Waals surface area contributed by atoms with E-state index in [2.05, 4.69) is 103 Å². The topological polar surface area (TPSA) is 53.0 Å². The molecule has 0 saturated heterocycles. The highest BCUT2D eigenvalue weighted by atomic mass is 16.3. The van der Waals surface area contributed by atoms with Gasteiger partial charge in [-0.05, 0) is 61.4 Å². The maximum Gasteiger partial charge on any atom is 0.266 e. The van der Waals surface area contributed by atoms with Crippen LogP contribution in [-0.4, -0.2) is 20.0 Å². The van der Waals surface area contributed by atoms with E-state index in [4.69, 9.17) is 9.40 Å². The molecule has 0 saturated carbocycles. The Bertz CT molecular complexity index is 2740. The number of carbonyl (C=O) groups excluding carboxylic acids is 1. The summed E-state index contributed by atoms with van der Waals surface area (Å²) in [6, 6.07) is 43.7. The van der Waals surface area contributed by atoms with Crippen molar-refractivity contribution in [1.29, 1.82) is 0 Å². The summed E-state index contributed by atoms with van der Waals surface area (Å²) in [5.74, 6) is 0.734. The van der Waals surface area contributed by atoms with Crippen LogP contribution in [0.4, 0.5) is 0 Å². The van der Waals surface area contributed by atoms with Gasteiger partial charge >= 0.3 is 0 Å². The number of nitrogens with zero attached hydrogens (tertiary/aromatic N) is 3. The number of rotatable bonds is 2. The fraction of sp³-hybridized carbons (Fsp3) is 0.0732. The van der Waals surface area contributed by atoms with Crippen LogP contribution in [0.3, 0.4) is 0 Å². The molecule has 0 N–H and O–H groups in total. The molecule has 4 heterocycles. The molecule has 0 unspecified atom stereocenters. The first-order chi connectivity index (χ1) is 22.5. The second-order valence-corrected chi connectivity index (χ2v) is 12.8. The van der Waals surface area contributed by atoms with Crippen LogP contribution >= 0.6 is 0 Å². The van der Waals surface area contributed by atoms with Crippen molar-refractivity contribution in [3.63, 3.8) is 0 Å². The Kier molecular flexibility index (Phi) is 4.87. The van der Waals surface area contributed by atoms with Crippen LogP contribution < -0.4 is 0 Å². The summed E-state index contributed by atoms with van der Waals surface area (Å²) >= 11 is 0. The van der Waals surface area contributed by atoms with Gasteiger partial charge in [0.15, 0.2) is 0 Å². The molecule has 0 amide bonds. The van der Waals surface area contributed by atoms with E-state index in [1.54, 1.807) is 0 Å². The number of imidazole rings is 1. The first-order valence-corrected chi connectivity index (χ1v) is 15.6. The van der Waals surface area contributed by atoms with Gasteiger partial charge in [-0.2, -0.15) is 0 Å². The molecular weight excluding hydrogens is 566 g/mol. The molecule has 6 aromatic carbocycles. The quantitative estimate of drug-likeness (QED) is 0.200. The van der Waals surface area contributed by atoms with Crippen LogP contribution in [0.2, 0.25) is 0 Å². The van der Waals surface area contributed by atoms with E-state index in [-0.39, 0.29) is 5.91 Å². The summed E-state index contributed by atoms with van der Waals surface area (Å²) in [4.78, 5) is 19.6.